The molecule has 0 fully saturated rings. The Bertz CT molecular complexity index is 604. The number of nitrogens with one attached hydrogen (secondary N) is 2. The third kappa shape index (κ3) is 3.32. The van der Waals surface area contributed by atoms with Crippen LogP contribution in [0.2, 0.25) is 0 Å². The minimum Gasteiger partial charge on any atom is -0.508 e. The summed E-state index contributed by atoms with van der Waals surface area (Å²) >= 11 is 0. The van der Waals surface area contributed by atoms with Crippen molar-refractivity contribution in [3.63, 3.8) is 0 Å². The summed E-state index contributed by atoms with van der Waals surface area (Å²) in [6, 6.07) is 7.46. The van der Waals surface area contributed by atoms with E-state index in [2.05, 4.69) is 15.5 Å². The van der Waals surface area contributed by atoms with Crippen molar-refractivity contribution < 1.29 is 19.8 Å². The van der Waals surface area contributed by atoms with E-state index in [9.17, 15) is 9.59 Å². The normalized spacial score (nSPS) is 10.1. The first-order valence-corrected chi connectivity index (χ1v) is 5.41. The predicted molar refractivity (Wildman–Crippen MR) is 66.0 cm³/mol. The van der Waals surface area contributed by atoms with Crippen LogP contribution < -0.4 is 5.32 Å². The van der Waals surface area contributed by atoms with E-state index in [1.165, 1.54) is 18.2 Å². The average molecular weight is 261 g/mol. The van der Waals surface area contributed by atoms with Crippen molar-refractivity contribution in [3.05, 3.63) is 41.6 Å². The molecule has 7 heteroatoms. The second kappa shape index (κ2) is 5.21. The average Bonchev–Trinajstić information content (AvgIpc) is 2.80. The summed E-state index contributed by atoms with van der Waals surface area (Å²) < 4.78 is 0. The lowest BCUT2D eigenvalue weighted by molar-refractivity contribution is -0.115. The van der Waals surface area contributed by atoms with Crippen molar-refractivity contribution in [2.45, 2.75) is 6.42 Å². The van der Waals surface area contributed by atoms with Gasteiger partial charge in [-0.15, -0.1) is 0 Å². The highest BCUT2D eigenvalue weighted by molar-refractivity contribution is 5.93. The van der Waals surface area contributed by atoms with E-state index in [-0.39, 0.29) is 29.6 Å². The number of aromatic amines is 1. The van der Waals surface area contributed by atoms with Gasteiger partial charge >= 0.3 is 5.97 Å². The zero-order valence-electron chi connectivity index (χ0n) is 9.75. The number of carbonyl (C=O) groups excluding carboxylic acids is 1. The molecule has 0 unspecified atom stereocenters. The van der Waals surface area contributed by atoms with Gasteiger partial charge in [0.25, 0.3) is 0 Å². The lowest BCUT2D eigenvalue weighted by Gasteiger charge is -2.02. The quantitative estimate of drug-likeness (QED) is 0.655. The van der Waals surface area contributed by atoms with Crippen LogP contribution in [0, 0.1) is 0 Å². The molecule has 7 nitrogen and oxygen atoms in total. The summed E-state index contributed by atoms with van der Waals surface area (Å²) in [5.41, 5.74) is 0.629. The molecule has 0 aliphatic carbocycles. The minimum atomic E-state index is -1.15. The zero-order chi connectivity index (χ0) is 13.8. The number of rotatable bonds is 4. The second-order valence-corrected chi connectivity index (χ2v) is 3.86. The number of H-pyrrole nitrogens is 1. The SMILES string of the molecule is O=C(Cc1ccc(O)cc1)Nc1cc(C(=O)O)[nH]n1. The first kappa shape index (κ1) is 12.6. The summed E-state index contributed by atoms with van der Waals surface area (Å²) in [5.74, 6) is -1.19. The number of amides is 1. The maximum absolute atomic E-state index is 11.7. The van der Waals surface area contributed by atoms with E-state index in [1.807, 2.05) is 0 Å². The Balaban J connectivity index is 1.97. The standard InChI is InChI=1S/C12H11N3O4/c16-8-3-1-7(2-4-8)5-11(17)13-10-6-9(12(18)19)14-15-10/h1-4,6,16H,5H2,(H,18,19)(H2,13,14,15,17). The van der Waals surface area contributed by atoms with Crippen molar-refractivity contribution in [3.8, 4) is 5.75 Å². The molecule has 4 N–H and O–H groups in total. The number of benzene rings is 1. The van der Waals surface area contributed by atoms with E-state index >= 15 is 0 Å². The molecule has 0 saturated carbocycles. The Morgan fingerprint density at radius 3 is 2.53 bits per heavy atom. The smallest absolute Gasteiger partial charge is 0.353 e. The Morgan fingerprint density at radius 2 is 1.95 bits per heavy atom. The van der Waals surface area contributed by atoms with E-state index in [0.717, 1.165) is 5.56 Å². The first-order chi connectivity index (χ1) is 9.04. The van der Waals surface area contributed by atoms with Crippen molar-refractivity contribution >= 4 is 17.7 Å². The largest absolute Gasteiger partial charge is 0.508 e. The molecular weight excluding hydrogens is 250 g/mol. The molecule has 0 atom stereocenters. The van der Waals surface area contributed by atoms with Crippen LogP contribution >= 0.6 is 0 Å². The molecule has 19 heavy (non-hydrogen) atoms. The Labute approximate surface area is 107 Å². The van der Waals surface area contributed by atoms with Crippen LogP contribution in [0.3, 0.4) is 0 Å². The number of nitrogens with zero attached hydrogens (tertiary/aromatic N) is 1. The summed E-state index contributed by atoms with van der Waals surface area (Å²) in [6.45, 7) is 0. The maximum Gasteiger partial charge on any atom is 0.353 e. The zero-order valence-corrected chi connectivity index (χ0v) is 9.75. The maximum atomic E-state index is 11.7. The molecule has 1 aromatic heterocycles. The monoisotopic (exact) mass is 261 g/mol. The Morgan fingerprint density at radius 1 is 1.26 bits per heavy atom. The van der Waals surface area contributed by atoms with Crippen molar-refractivity contribution in [2.75, 3.05) is 5.32 Å². The summed E-state index contributed by atoms with van der Waals surface area (Å²) in [6.07, 6.45) is 0.107. The van der Waals surface area contributed by atoms with Gasteiger partial charge in [0.05, 0.1) is 6.42 Å². The molecule has 0 spiro atoms. The number of aromatic hydroxyl groups is 1. The van der Waals surface area contributed by atoms with Gasteiger partial charge in [0.1, 0.15) is 11.4 Å². The number of carboxylic acid groups (broad SMARTS) is 1. The number of carboxylic acids is 1. The number of phenols is 1. The number of aromatic nitrogens is 2. The van der Waals surface area contributed by atoms with Crippen molar-refractivity contribution in [2.24, 2.45) is 0 Å². The molecule has 0 bridgehead atoms. The molecule has 2 rings (SSSR count). The lowest BCUT2D eigenvalue weighted by atomic mass is 10.1. The molecule has 0 radical (unpaired) electrons. The molecule has 0 aliphatic rings. The molecule has 98 valence electrons. The highest BCUT2D eigenvalue weighted by Gasteiger charge is 2.10. The second-order valence-electron chi connectivity index (χ2n) is 3.86. The fourth-order valence-corrected chi connectivity index (χ4v) is 1.48. The number of hydrogen-bond donors (Lipinski definition) is 4. The van der Waals surface area contributed by atoms with Gasteiger partial charge in [-0.25, -0.2) is 4.79 Å². The van der Waals surface area contributed by atoms with Gasteiger partial charge in [0.15, 0.2) is 5.82 Å². The van der Waals surface area contributed by atoms with Crippen LogP contribution in [0.4, 0.5) is 5.82 Å². The molecule has 1 aromatic carbocycles. The summed E-state index contributed by atoms with van der Waals surface area (Å²) in [7, 11) is 0. The van der Waals surface area contributed by atoms with Gasteiger partial charge in [0.2, 0.25) is 5.91 Å². The molecule has 0 saturated heterocycles. The van der Waals surface area contributed by atoms with E-state index < -0.39 is 5.97 Å². The summed E-state index contributed by atoms with van der Waals surface area (Å²) in [4.78, 5) is 22.3. The van der Waals surface area contributed by atoms with Gasteiger partial charge in [-0.2, -0.15) is 5.10 Å². The fraction of sp³-hybridized carbons (Fsp3) is 0.0833. The summed E-state index contributed by atoms with van der Waals surface area (Å²) in [5, 5.41) is 26.2. The number of anilines is 1. The van der Waals surface area contributed by atoms with Crippen LogP contribution in [0.5, 0.6) is 5.75 Å². The number of carbonyl (C=O) groups is 2. The van der Waals surface area contributed by atoms with Gasteiger partial charge in [-0.3, -0.25) is 9.89 Å². The molecule has 1 heterocycles. The highest BCUT2D eigenvalue weighted by Crippen LogP contribution is 2.11. The van der Waals surface area contributed by atoms with Gasteiger partial charge in [0, 0.05) is 6.07 Å². The van der Waals surface area contributed by atoms with Crippen LogP contribution in [-0.4, -0.2) is 32.3 Å². The van der Waals surface area contributed by atoms with Crippen molar-refractivity contribution in [1.82, 2.24) is 10.2 Å². The third-order valence-electron chi connectivity index (χ3n) is 2.38. The van der Waals surface area contributed by atoms with Crippen LogP contribution in [-0.2, 0) is 11.2 Å². The minimum absolute atomic E-state index is 0.0973. The Hall–Kier alpha value is -2.83. The molecule has 2 aromatic rings. The number of hydrogen-bond acceptors (Lipinski definition) is 4. The lowest BCUT2D eigenvalue weighted by Crippen LogP contribution is -2.14. The Kier molecular flexibility index (Phi) is 3.46. The van der Waals surface area contributed by atoms with E-state index in [1.54, 1.807) is 12.1 Å². The molecule has 0 aliphatic heterocycles. The van der Waals surface area contributed by atoms with E-state index in [4.69, 9.17) is 10.2 Å². The molecule has 1 amide bonds. The van der Waals surface area contributed by atoms with Gasteiger partial charge in [-0.1, -0.05) is 12.1 Å². The van der Waals surface area contributed by atoms with Crippen LogP contribution in [0.1, 0.15) is 16.1 Å². The molecular formula is C12H11N3O4. The number of aromatic carboxylic acids is 1. The number of phenolic OH excluding ortho intramolecular Hbond substituents is 1. The van der Waals surface area contributed by atoms with Gasteiger partial charge < -0.3 is 15.5 Å². The van der Waals surface area contributed by atoms with Crippen LogP contribution in [0.25, 0.3) is 0 Å². The van der Waals surface area contributed by atoms with Crippen molar-refractivity contribution in [1.29, 1.82) is 0 Å². The van der Waals surface area contributed by atoms with E-state index in [0.29, 0.717) is 0 Å². The first-order valence-electron chi connectivity index (χ1n) is 5.41. The van der Waals surface area contributed by atoms with Gasteiger partial charge in [-0.05, 0) is 17.7 Å². The topological polar surface area (TPSA) is 115 Å². The fourth-order valence-electron chi connectivity index (χ4n) is 1.48. The predicted octanol–water partition coefficient (Wildman–Crippen LogP) is 0.995. The third-order valence-corrected chi connectivity index (χ3v) is 2.38. The van der Waals surface area contributed by atoms with Crippen LogP contribution in [0.15, 0.2) is 30.3 Å². The highest BCUT2D eigenvalue weighted by atomic mass is 16.4.